The number of sulfonamides is 1. The monoisotopic (exact) mass is 493 g/mol. The highest BCUT2D eigenvalue weighted by Crippen LogP contribution is 2.19. The van der Waals surface area contributed by atoms with Gasteiger partial charge in [-0.05, 0) is 44.2 Å². The predicted molar refractivity (Wildman–Crippen MR) is 115 cm³/mol. The van der Waals surface area contributed by atoms with Crippen LogP contribution in [0.1, 0.15) is 32.1 Å². The van der Waals surface area contributed by atoms with Crippen LogP contribution in [0, 0.1) is 0 Å². The van der Waals surface area contributed by atoms with Gasteiger partial charge in [0.05, 0.1) is 0 Å². The number of rotatable bonds is 8. The van der Waals surface area contributed by atoms with Gasteiger partial charge in [0.2, 0.25) is 10.0 Å². The van der Waals surface area contributed by atoms with Crippen molar-refractivity contribution in [3.05, 3.63) is 36.2 Å². The number of pyridine rings is 1. The lowest BCUT2D eigenvalue weighted by Gasteiger charge is -2.15. The molecule has 146 valence electrons. The van der Waals surface area contributed by atoms with E-state index in [0.717, 1.165) is 13.0 Å². The van der Waals surface area contributed by atoms with Crippen molar-refractivity contribution < 1.29 is 8.42 Å². The topological polar surface area (TPSA) is 95.5 Å². The normalized spacial score (nSPS) is 15.0. The maximum atomic E-state index is 12.1. The number of aliphatic imine (C=N–C) groups is 1. The first-order chi connectivity index (χ1) is 12.1. The zero-order valence-corrected chi connectivity index (χ0v) is 18.2. The number of aromatic nitrogens is 1. The molecule has 0 aromatic carbocycles. The molecule has 0 spiro atoms. The smallest absolute Gasteiger partial charge is 0.242 e. The van der Waals surface area contributed by atoms with Crippen molar-refractivity contribution in [2.75, 3.05) is 26.7 Å². The van der Waals surface area contributed by atoms with E-state index in [9.17, 15) is 8.42 Å². The first kappa shape index (κ1) is 22.8. The van der Waals surface area contributed by atoms with E-state index in [1.54, 1.807) is 19.3 Å². The first-order valence-electron chi connectivity index (χ1n) is 8.64. The SMILES string of the molecule is CN=C(NCCNS(=O)(=O)c1cccnc1)NCCC1=CCCCC1.I. The Morgan fingerprint density at radius 3 is 2.69 bits per heavy atom. The van der Waals surface area contributed by atoms with E-state index >= 15 is 0 Å². The van der Waals surface area contributed by atoms with Crippen LogP contribution in [0.15, 0.2) is 46.1 Å². The third kappa shape index (κ3) is 8.00. The van der Waals surface area contributed by atoms with E-state index in [-0.39, 0.29) is 35.4 Å². The number of hydrogen-bond donors (Lipinski definition) is 3. The molecule has 0 aliphatic heterocycles. The number of halogens is 1. The summed E-state index contributed by atoms with van der Waals surface area (Å²) in [6.07, 6.45) is 11.2. The second-order valence-electron chi connectivity index (χ2n) is 5.87. The highest BCUT2D eigenvalue weighted by atomic mass is 127. The molecular formula is C17H28IN5O2S. The molecule has 9 heteroatoms. The molecule has 1 aliphatic rings. The Labute approximate surface area is 173 Å². The number of nitrogens with one attached hydrogen (secondary N) is 3. The molecule has 26 heavy (non-hydrogen) atoms. The molecule has 0 unspecified atom stereocenters. The van der Waals surface area contributed by atoms with Crippen LogP contribution in [0.4, 0.5) is 0 Å². The molecule has 1 aliphatic carbocycles. The van der Waals surface area contributed by atoms with Crippen LogP contribution >= 0.6 is 24.0 Å². The average molecular weight is 493 g/mol. The molecule has 1 aromatic heterocycles. The molecule has 0 saturated carbocycles. The number of nitrogens with zero attached hydrogens (tertiary/aromatic N) is 2. The molecule has 2 rings (SSSR count). The van der Waals surface area contributed by atoms with Crippen LogP contribution in [0.3, 0.4) is 0 Å². The summed E-state index contributed by atoms with van der Waals surface area (Å²) in [5.41, 5.74) is 1.51. The second kappa shape index (κ2) is 12.2. The summed E-state index contributed by atoms with van der Waals surface area (Å²) >= 11 is 0. The molecule has 1 aromatic rings. The summed E-state index contributed by atoms with van der Waals surface area (Å²) in [7, 11) is -1.81. The summed E-state index contributed by atoms with van der Waals surface area (Å²) in [6, 6.07) is 3.11. The van der Waals surface area contributed by atoms with Crippen molar-refractivity contribution >= 4 is 40.0 Å². The van der Waals surface area contributed by atoms with Crippen molar-refractivity contribution in [2.45, 2.75) is 37.0 Å². The minimum atomic E-state index is -3.52. The molecule has 7 nitrogen and oxygen atoms in total. The van der Waals surface area contributed by atoms with Crippen LogP contribution in [0.25, 0.3) is 0 Å². The van der Waals surface area contributed by atoms with Gasteiger partial charge in [0.25, 0.3) is 0 Å². The molecule has 1 heterocycles. The zero-order valence-electron chi connectivity index (χ0n) is 15.1. The van der Waals surface area contributed by atoms with Gasteiger partial charge in [-0.3, -0.25) is 9.98 Å². The minimum Gasteiger partial charge on any atom is -0.356 e. The largest absolute Gasteiger partial charge is 0.356 e. The third-order valence-electron chi connectivity index (χ3n) is 4.00. The van der Waals surface area contributed by atoms with E-state index in [1.165, 1.54) is 43.5 Å². The number of hydrogen-bond acceptors (Lipinski definition) is 4. The molecule has 0 saturated heterocycles. The van der Waals surface area contributed by atoms with Gasteiger partial charge in [0, 0.05) is 39.1 Å². The standard InChI is InChI=1S/C17H27N5O2S.HI/c1-18-17(20-11-9-15-6-3-2-4-7-15)21-12-13-22-25(23,24)16-8-5-10-19-14-16;/h5-6,8,10,14,22H,2-4,7,9,11-13H2,1H3,(H2,18,20,21);1H. The highest BCUT2D eigenvalue weighted by molar-refractivity contribution is 14.0. The summed E-state index contributed by atoms with van der Waals surface area (Å²) in [4.78, 5) is 8.14. The van der Waals surface area contributed by atoms with E-state index in [1.807, 2.05) is 0 Å². The Morgan fingerprint density at radius 1 is 1.23 bits per heavy atom. The van der Waals surface area contributed by atoms with E-state index < -0.39 is 10.0 Å². The summed E-state index contributed by atoms with van der Waals surface area (Å²) in [6.45, 7) is 1.54. The Bertz CT molecular complexity index is 692. The van der Waals surface area contributed by atoms with Crippen LogP contribution in [0.5, 0.6) is 0 Å². The fourth-order valence-electron chi connectivity index (χ4n) is 2.65. The lowest BCUT2D eigenvalue weighted by atomic mass is 9.97. The van der Waals surface area contributed by atoms with Crippen LogP contribution in [0.2, 0.25) is 0 Å². The molecule has 0 bridgehead atoms. The van der Waals surface area contributed by atoms with Gasteiger partial charge in [-0.25, -0.2) is 13.1 Å². The molecule has 0 atom stereocenters. The van der Waals surface area contributed by atoms with E-state index in [0.29, 0.717) is 12.5 Å². The number of guanidine groups is 1. The van der Waals surface area contributed by atoms with Gasteiger partial charge in [0.1, 0.15) is 4.90 Å². The van der Waals surface area contributed by atoms with E-state index in [4.69, 9.17) is 0 Å². The Morgan fingerprint density at radius 2 is 2.04 bits per heavy atom. The van der Waals surface area contributed by atoms with Crippen molar-refractivity contribution in [2.24, 2.45) is 4.99 Å². The average Bonchev–Trinajstić information content (AvgIpc) is 2.65. The summed E-state index contributed by atoms with van der Waals surface area (Å²) in [5.74, 6) is 0.678. The van der Waals surface area contributed by atoms with Crippen LogP contribution < -0.4 is 15.4 Å². The first-order valence-corrected chi connectivity index (χ1v) is 10.1. The van der Waals surface area contributed by atoms with Gasteiger partial charge in [-0.15, -0.1) is 24.0 Å². The lowest BCUT2D eigenvalue weighted by molar-refractivity contribution is 0.580. The maximum absolute atomic E-state index is 12.1. The predicted octanol–water partition coefficient (Wildman–Crippen LogP) is 2.03. The summed E-state index contributed by atoms with van der Waals surface area (Å²) in [5, 5.41) is 6.36. The van der Waals surface area contributed by atoms with Crippen LogP contribution in [-0.2, 0) is 10.0 Å². The molecule has 0 fully saturated rings. The van der Waals surface area contributed by atoms with Crippen molar-refractivity contribution in [1.82, 2.24) is 20.3 Å². The highest BCUT2D eigenvalue weighted by Gasteiger charge is 2.12. The van der Waals surface area contributed by atoms with Crippen molar-refractivity contribution in [3.63, 3.8) is 0 Å². The summed E-state index contributed by atoms with van der Waals surface area (Å²) < 4.78 is 26.7. The minimum absolute atomic E-state index is 0. The molecule has 0 radical (unpaired) electrons. The van der Waals surface area contributed by atoms with Gasteiger partial charge in [-0.1, -0.05) is 11.6 Å². The fourth-order valence-corrected chi connectivity index (χ4v) is 3.64. The van der Waals surface area contributed by atoms with Crippen molar-refractivity contribution in [1.29, 1.82) is 0 Å². The Kier molecular flexibility index (Phi) is 10.7. The number of allylic oxidation sites excluding steroid dienone is 1. The van der Waals surface area contributed by atoms with Gasteiger partial charge in [-0.2, -0.15) is 0 Å². The molecular weight excluding hydrogens is 465 g/mol. The fraction of sp³-hybridized carbons (Fsp3) is 0.529. The molecule has 3 N–H and O–H groups in total. The van der Waals surface area contributed by atoms with Gasteiger partial charge in [0.15, 0.2) is 5.96 Å². The maximum Gasteiger partial charge on any atom is 0.242 e. The van der Waals surface area contributed by atoms with Crippen LogP contribution in [-0.4, -0.2) is 46.0 Å². The molecule has 0 amide bonds. The quantitative estimate of drug-likeness (QED) is 0.169. The second-order valence-corrected chi connectivity index (χ2v) is 7.64. The van der Waals surface area contributed by atoms with Gasteiger partial charge >= 0.3 is 0 Å². The van der Waals surface area contributed by atoms with E-state index in [2.05, 4.69) is 31.4 Å². The Hall–Kier alpha value is -1.20. The zero-order chi connectivity index (χ0) is 18.0. The Balaban J connectivity index is 0.00000338. The third-order valence-corrected chi connectivity index (χ3v) is 5.45. The van der Waals surface area contributed by atoms with Gasteiger partial charge < -0.3 is 10.6 Å². The van der Waals surface area contributed by atoms with Crippen molar-refractivity contribution in [3.8, 4) is 0 Å². The lowest BCUT2D eigenvalue weighted by Crippen LogP contribution is -2.41.